The number of halogens is 5. The molecule has 1 amide bonds. The van der Waals surface area contributed by atoms with E-state index in [0.29, 0.717) is 21.3 Å². The predicted octanol–water partition coefficient (Wildman–Crippen LogP) is 6.53. The molecule has 0 aliphatic carbocycles. The second-order valence-corrected chi connectivity index (χ2v) is 8.60. The molecule has 3 aromatic rings. The first-order valence-electron chi connectivity index (χ1n) is 9.00. The van der Waals surface area contributed by atoms with E-state index < -0.39 is 17.4 Å². The number of amides is 1. The number of hydrazone groups is 1. The first-order valence-corrected chi connectivity index (χ1v) is 10.5. The van der Waals surface area contributed by atoms with Gasteiger partial charge in [0.25, 0.3) is 5.91 Å². The fourth-order valence-corrected chi connectivity index (χ4v) is 4.10. The zero-order valence-corrected chi connectivity index (χ0v) is 18.6. The molecule has 0 radical (unpaired) electrons. The summed E-state index contributed by atoms with van der Waals surface area (Å²) in [6.45, 7) is 0. The van der Waals surface area contributed by atoms with Crippen LogP contribution in [0.1, 0.15) is 27.9 Å². The largest absolute Gasteiger partial charge is 0.365 e. The van der Waals surface area contributed by atoms with Crippen molar-refractivity contribution >= 4 is 58.0 Å². The van der Waals surface area contributed by atoms with Gasteiger partial charge in [-0.15, -0.1) is 0 Å². The van der Waals surface area contributed by atoms with E-state index in [1.807, 2.05) is 0 Å². The maximum absolute atomic E-state index is 14.3. The SMILES string of the molecule is O=C(c1ccc(Cl)cc1)N1N=C(c2ccc(Cl)cc2)CC1(O)c1cc(F)c(Cl)cc1Cl. The zero-order chi connectivity index (χ0) is 22.3. The standard InChI is InChI=1S/C22H13Cl4FN2O2/c23-14-5-1-12(2-6-14)20-11-22(31,16-9-19(27)18(26)10-17(16)25)29(28-20)21(30)13-3-7-15(24)8-4-13/h1-10,31H,11H2. The minimum absolute atomic E-state index is 0.00429. The van der Waals surface area contributed by atoms with Gasteiger partial charge in [0.15, 0.2) is 5.72 Å². The van der Waals surface area contributed by atoms with Crippen molar-refractivity contribution in [2.75, 3.05) is 0 Å². The van der Waals surface area contributed by atoms with Crippen LogP contribution in [0.2, 0.25) is 20.1 Å². The summed E-state index contributed by atoms with van der Waals surface area (Å²) in [5, 5.41) is 17.7. The summed E-state index contributed by atoms with van der Waals surface area (Å²) in [5.41, 5.74) is -0.818. The van der Waals surface area contributed by atoms with Crippen LogP contribution in [0.4, 0.5) is 4.39 Å². The van der Waals surface area contributed by atoms with Crippen LogP contribution in [0.5, 0.6) is 0 Å². The number of benzene rings is 3. The summed E-state index contributed by atoms with van der Waals surface area (Å²) in [5.74, 6) is -1.40. The van der Waals surface area contributed by atoms with Crippen LogP contribution in [0.15, 0.2) is 65.8 Å². The molecule has 9 heteroatoms. The molecule has 1 aliphatic rings. The molecule has 1 aliphatic heterocycles. The van der Waals surface area contributed by atoms with E-state index in [0.717, 1.165) is 11.1 Å². The molecule has 1 atom stereocenters. The van der Waals surface area contributed by atoms with Crippen LogP contribution in [0.25, 0.3) is 0 Å². The van der Waals surface area contributed by atoms with Gasteiger partial charge < -0.3 is 5.11 Å². The van der Waals surface area contributed by atoms with Crippen LogP contribution in [-0.2, 0) is 5.72 Å². The fourth-order valence-electron chi connectivity index (χ4n) is 3.32. The third-order valence-electron chi connectivity index (χ3n) is 4.89. The minimum atomic E-state index is -2.05. The van der Waals surface area contributed by atoms with Crippen molar-refractivity contribution in [1.82, 2.24) is 5.01 Å². The average Bonchev–Trinajstić information content (AvgIpc) is 3.09. The van der Waals surface area contributed by atoms with Crippen molar-refractivity contribution in [3.63, 3.8) is 0 Å². The first-order chi connectivity index (χ1) is 14.7. The Morgan fingerprint density at radius 2 is 1.52 bits per heavy atom. The van der Waals surface area contributed by atoms with E-state index in [2.05, 4.69) is 5.10 Å². The Hall–Kier alpha value is -2.15. The first kappa shape index (κ1) is 22.1. The second kappa shape index (κ2) is 8.41. The van der Waals surface area contributed by atoms with Crippen molar-refractivity contribution in [3.05, 3.63) is 103 Å². The molecule has 4 rings (SSSR count). The van der Waals surface area contributed by atoms with Gasteiger partial charge in [-0.25, -0.2) is 4.39 Å². The van der Waals surface area contributed by atoms with Gasteiger partial charge in [-0.2, -0.15) is 10.1 Å². The van der Waals surface area contributed by atoms with Crippen molar-refractivity contribution in [2.45, 2.75) is 12.1 Å². The van der Waals surface area contributed by atoms with E-state index in [-0.39, 0.29) is 27.6 Å². The molecular formula is C22H13Cl4FN2O2. The highest BCUT2D eigenvalue weighted by molar-refractivity contribution is 6.35. The lowest BCUT2D eigenvalue weighted by atomic mass is 9.94. The highest BCUT2D eigenvalue weighted by Crippen LogP contribution is 2.42. The normalized spacial score (nSPS) is 18.3. The Labute approximate surface area is 197 Å². The second-order valence-electron chi connectivity index (χ2n) is 6.92. The fraction of sp³-hybridized carbons (Fsp3) is 0.0909. The lowest BCUT2D eigenvalue weighted by molar-refractivity contribution is -0.0766. The Morgan fingerprint density at radius 3 is 2.13 bits per heavy atom. The molecule has 0 saturated carbocycles. The third-order valence-corrected chi connectivity index (χ3v) is 5.99. The van der Waals surface area contributed by atoms with Crippen LogP contribution in [-0.4, -0.2) is 21.7 Å². The van der Waals surface area contributed by atoms with Crippen LogP contribution in [0.3, 0.4) is 0 Å². The molecule has 3 aromatic carbocycles. The third kappa shape index (κ3) is 4.16. The molecule has 0 aromatic heterocycles. The summed E-state index contributed by atoms with van der Waals surface area (Å²) in [6, 6.07) is 15.0. The molecule has 1 unspecified atom stereocenters. The molecule has 1 N–H and O–H groups in total. The van der Waals surface area contributed by atoms with Gasteiger partial charge in [0.2, 0.25) is 0 Å². The van der Waals surface area contributed by atoms with Gasteiger partial charge in [-0.1, -0.05) is 58.5 Å². The number of hydrogen-bond donors (Lipinski definition) is 1. The summed E-state index contributed by atoms with van der Waals surface area (Å²) in [4.78, 5) is 13.3. The van der Waals surface area contributed by atoms with Gasteiger partial charge in [0.05, 0.1) is 15.8 Å². The predicted molar refractivity (Wildman–Crippen MR) is 121 cm³/mol. The smallest absolute Gasteiger partial charge is 0.276 e. The van der Waals surface area contributed by atoms with Crippen molar-refractivity contribution in [1.29, 1.82) is 0 Å². The van der Waals surface area contributed by atoms with Crippen molar-refractivity contribution in [2.24, 2.45) is 5.10 Å². The number of rotatable bonds is 3. The van der Waals surface area contributed by atoms with Gasteiger partial charge in [0, 0.05) is 27.6 Å². The van der Waals surface area contributed by atoms with Crippen LogP contribution in [0, 0.1) is 5.82 Å². The van der Waals surface area contributed by atoms with Gasteiger partial charge >= 0.3 is 0 Å². The van der Waals surface area contributed by atoms with Gasteiger partial charge in [0.1, 0.15) is 5.82 Å². The Kier molecular flexibility index (Phi) is 5.99. The van der Waals surface area contributed by atoms with Gasteiger partial charge in [-0.3, -0.25) is 4.79 Å². The lowest BCUT2D eigenvalue weighted by Crippen LogP contribution is -2.43. The Balaban J connectivity index is 1.84. The number of nitrogens with zero attached hydrogens (tertiary/aromatic N) is 2. The Morgan fingerprint density at radius 1 is 0.935 bits per heavy atom. The zero-order valence-electron chi connectivity index (χ0n) is 15.6. The molecule has 1 heterocycles. The number of carbonyl (C=O) groups excluding carboxylic acids is 1. The average molecular weight is 498 g/mol. The molecule has 31 heavy (non-hydrogen) atoms. The highest BCUT2D eigenvalue weighted by atomic mass is 35.5. The summed E-state index contributed by atoms with van der Waals surface area (Å²) >= 11 is 24.0. The molecule has 0 bridgehead atoms. The summed E-state index contributed by atoms with van der Waals surface area (Å²) in [6.07, 6.45) is -0.130. The quantitative estimate of drug-likeness (QED) is 0.418. The Bertz CT molecular complexity index is 1200. The molecule has 0 saturated heterocycles. The minimum Gasteiger partial charge on any atom is -0.365 e. The van der Waals surface area contributed by atoms with E-state index in [4.69, 9.17) is 46.4 Å². The van der Waals surface area contributed by atoms with E-state index in [1.54, 1.807) is 36.4 Å². The molecule has 0 fully saturated rings. The summed E-state index contributed by atoms with van der Waals surface area (Å²) in [7, 11) is 0. The van der Waals surface area contributed by atoms with Crippen molar-refractivity contribution < 1.29 is 14.3 Å². The monoisotopic (exact) mass is 496 g/mol. The van der Waals surface area contributed by atoms with Crippen LogP contribution >= 0.6 is 46.4 Å². The van der Waals surface area contributed by atoms with E-state index in [9.17, 15) is 14.3 Å². The van der Waals surface area contributed by atoms with Crippen LogP contribution < -0.4 is 0 Å². The van der Waals surface area contributed by atoms with Crippen molar-refractivity contribution in [3.8, 4) is 0 Å². The maximum atomic E-state index is 14.3. The number of aliphatic hydroxyl groups is 1. The molecule has 158 valence electrons. The number of carbonyl (C=O) groups is 1. The lowest BCUT2D eigenvalue weighted by Gasteiger charge is -2.32. The maximum Gasteiger partial charge on any atom is 0.276 e. The van der Waals surface area contributed by atoms with E-state index >= 15 is 0 Å². The molecule has 4 nitrogen and oxygen atoms in total. The summed E-state index contributed by atoms with van der Waals surface area (Å²) < 4.78 is 14.3. The number of hydrogen-bond acceptors (Lipinski definition) is 3. The van der Waals surface area contributed by atoms with E-state index in [1.165, 1.54) is 18.2 Å². The molecule has 0 spiro atoms. The highest BCUT2D eigenvalue weighted by Gasteiger charge is 2.48. The molecular weight excluding hydrogens is 485 g/mol. The van der Waals surface area contributed by atoms with Gasteiger partial charge in [-0.05, 0) is 54.1 Å². The topological polar surface area (TPSA) is 52.9 Å².